The number of hydrogen-bond acceptors (Lipinski definition) is 5. The topological polar surface area (TPSA) is 76.4 Å². The van der Waals surface area contributed by atoms with Gasteiger partial charge in [-0.2, -0.15) is 5.26 Å². The van der Waals surface area contributed by atoms with Crippen molar-refractivity contribution in [1.29, 1.82) is 5.26 Å². The van der Waals surface area contributed by atoms with Crippen LogP contribution in [0.2, 0.25) is 18.1 Å². The fraction of sp³-hybridized carbons (Fsp3) is 0.824. The monoisotopic (exact) mass is 341 g/mol. The predicted molar refractivity (Wildman–Crippen MR) is 92.4 cm³/mol. The highest BCUT2D eigenvalue weighted by Crippen LogP contribution is 2.38. The lowest BCUT2D eigenvalue weighted by molar-refractivity contribution is -0.156. The van der Waals surface area contributed by atoms with Gasteiger partial charge in [-0.25, -0.2) is 0 Å². The number of nitrogens with zero attached hydrogens (tertiary/aromatic N) is 1. The van der Waals surface area contributed by atoms with Crippen LogP contribution in [0.15, 0.2) is 0 Å². The Kier molecular flexibility index (Phi) is 7.65. The van der Waals surface area contributed by atoms with E-state index in [4.69, 9.17) is 14.4 Å². The predicted octanol–water partition coefficient (Wildman–Crippen LogP) is 3.98. The SMILES string of the molecule is CC(C)(C)OC(=O)CC(=O)C[C@@H](CC#N)O[Si](C)(C)C(C)(C)C. The maximum atomic E-state index is 12.1. The third-order valence-corrected chi connectivity index (χ3v) is 8.34. The molecule has 5 nitrogen and oxygen atoms in total. The molecular weight excluding hydrogens is 310 g/mol. The van der Waals surface area contributed by atoms with Crippen LogP contribution in [-0.2, 0) is 18.8 Å². The van der Waals surface area contributed by atoms with E-state index in [1.807, 2.05) is 0 Å². The zero-order valence-electron chi connectivity index (χ0n) is 15.8. The van der Waals surface area contributed by atoms with Gasteiger partial charge in [0.1, 0.15) is 17.8 Å². The van der Waals surface area contributed by atoms with Gasteiger partial charge < -0.3 is 9.16 Å². The lowest BCUT2D eigenvalue weighted by atomic mass is 10.1. The molecule has 6 heteroatoms. The van der Waals surface area contributed by atoms with Gasteiger partial charge in [0.15, 0.2) is 8.32 Å². The first-order chi connectivity index (χ1) is 10.2. The summed E-state index contributed by atoms with van der Waals surface area (Å²) in [5.74, 6) is -0.788. The van der Waals surface area contributed by atoms with Gasteiger partial charge in [-0.05, 0) is 38.9 Å². The van der Waals surface area contributed by atoms with Crippen LogP contribution in [0.5, 0.6) is 0 Å². The lowest BCUT2D eigenvalue weighted by Gasteiger charge is -2.38. The molecule has 0 saturated carbocycles. The molecule has 0 aliphatic carbocycles. The second kappa shape index (κ2) is 8.07. The molecule has 0 aromatic carbocycles. The van der Waals surface area contributed by atoms with E-state index in [1.54, 1.807) is 20.8 Å². The van der Waals surface area contributed by atoms with Crippen molar-refractivity contribution in [3.05, 3.63) is 0 Å². The van der Waals surface area contributed by atoms with Gasteiger partial charge >= 0.3 is 5.97 Å². The normalized spacial score (nSPS) is 14.0. The number of hydrogen-bond donors (Lipinski definition) is 0. The molecule has 0 aliphatic heterocycles. The van der Waals surface area contributed by atoms with Crippen LogP contribution < -0.4 is 0 Å². The van der Waals surface area contributed by atoms with E-state index in [0.29, 0.717) is 0 Å². The van der Waals surface area contributed by atoms with Gasteiger partial charge in [0.05, 0.1) is 18.6 Å². The highest BCUT2D eigenvalue weighted by Gasteiger charge is 2.39. The van der Waals surface area contributed by atoms with E-state index >= 15 is 0 Å². The van der Waals surface area contributed by atoms with Gasteiger partial charge in [0.25, 0.3) is 0 Å². The average molecular weight is 342 g/mol. The van der Waals surface area contributed by atoms with E-state index in [9.17, 15) is 9.59 Å². The second-order valence-corrected chi connectivity index (χ2v) is 13.1. The molecule has 0 aromatic heterocycles. The molecular formula is C17H31NO4Si. The molecule has 0 spiro atoms. The quantitative estimate of drug-likeness (QED) is 0.398. The molecule has 132 valence electrons. The van der Waals surface area contributed by atoms with Crippen molar-refractivity contribution in [1.82, 2.24) is 0 Å². The smallest absolute Gasteiger partial charge is 0.313 e. The van der Waals surface area contributed by atoms with E-state index in [0.717, 1.165) is 0 Å². The number of Topliss-reactive ketones (excluding diaryl/α,β-unsaturated/α-hetero) is 1. The molecule has 0 fully saturated rings. The fourth-order valence-electron chi connectivity index (χ4n) is 1.72. The number of esters is 1. The maximum Gasteiger partial charge on any atom is 0.313 e. The first-order valence-electron chi connectivity index (χ1n) is 7.96. The molecule has 0 aliphatic rings. The standard InChI is InChI=1S/C17H31NO4Si/c1-16(2,3)21-15(20)12-13(19)11-14(9-10-18)22-23(7,8)17(4,5)6/h14H,9,11-12H2,1-8H3/t14-/m1/s1. The number of carbonyl (C=O) groups is 2. The molecule has 0 aromatic rings. The summed E-state index contributed by atoms with van der Waals surface area (Å²) >= 11 is 0. The molecule has 0 unspecified atom stereocenters. The van der Waals surface area contributed by atoms with Crippen LogP contribution in [0.3, 0.4) is 0 Å². The summed E-state index contributed by atoms with van der Waals surface area (Å²) in [5.41, 5.74) is -0.610. The summed E-state index contributed by atoms with van der Waals surface area (Å²) in [6.45, 7) is 15.7. The molecule has 0 N–H and O–H groups in total. The second-order valence-electron chi connectivity index (χ2n) is 8.37. The summed E-state index contributed by atoms with van der Waals surface area (Å²) < 4.78 is 11.3. The van der Waals surface area contributed by atoms with Crippen molar-refractivity contribution in [3.63, 3.8) is 0 Å². The molecule has 23 heavy (non-hydrogen) atoms. The summed E-state index contributed by atoms with van der Waals surface area (Å²) in [4.78, 5) is 23.8. The summed E-state index contributed by atoms with van der Waals surface area (Å²) in [6, 6.07) is 2.07. The first-order valence-corrected chi connectivity index (χ1v) is 10.9. The Bertz CT molecular complexity index is 466. The van der Waals surface area contributed by atoms with Gasteiger partial charge in [-0.3, -0.25) is 9.59 Å². The first kappa shape index (κ1) is 21.8. The van der Waals surface area contributed by atoms with Gasteiger partial charge in [0, 0.05) is 6.42 Å². The Morgan fingerprint density at radius 3 is 2.04 bits per heavy atom. The number of rotatable bonds is 7. The van der Waals surface area contributed by atoms with Gasteiger partial charge in [0.2, 0.25) is 0 Å². The van der Waals surface area contributed by atoms with E-state index in [-0.39, 0.29) is 30.1 Å². The zero-order valence-corrected chi connectivity index (χ0v) is 16.8. The number of carbonyl (C=O) groups excluding carboxylic acids is 2. The Labute approximate surface area is 141 Å². The van der Waals surface area contributed by atoms with Crippen molar-refractivity contribution in [2.45, 2.75) is 90.6 Å². The highest BCUT2D eigenvalue weighted by molar-refractivity contribution is 6.74. The number of nitriles is 1. The summed E-state index contributed by atoms with van der Waals surface area (Å²) in [5, 5.41) is 8.96. The molecule has 0 bridgehead atoms. The Hall–Kier alpha value is -1.19. The Balaban J connectivity index is 4.74. The molecule has 0 saturated heterocycles. The minimum Gasteiger partial charge on any atom is -0.460 e. The third-order valence-electron chi connectivity index (χ3n) is 3.80. The molecule has 0 amide bonds. The lowest BCUT2D eigenvalue weighted by Crippen LogP contribution is -2.44. The van der Waals surface area contributed by atoms with E-state index in [2.05, 4.69) is 39.9 Å². The summed E-state index contributed by atoms with van der Waals surface area (Å²) in [7, 11) is -2.07. The van der Waals surface area contributed by atoms with Crippen LogP contribution in [0.1, 0.15) is 60.8 Å². The third kappa shape index (κ3) is 8.87. The highest BCUT2D eigenvalue weighted by atomic mass is 28.4. The minimum absolute atomic E-state index is 0.00504. The molecule has 0 radical (unpaired) electrons. The van der Waals surface area contributed by atoms with Crippen molar-refractivity contribution in [3.8, 4) is 6.07 Å². The average Bonchev–Trinajstić information content (AvgIpc) is 2.23. The van der Waals surface area contributed by atoms with Crippen molar-refractivity contribution < 1.29 is 18.8 Å². The Morgan fingerprint density at radius 1 is 1.13 bits per heavy atom. The van der Waals surface area contributed by atoms with Gasteiger partial charge in [-0.15, -0.1) is 0 Å². The van der Waals surface area contributed by atoms with E-state index in [1.165, 1.54) is 0 Å². The molecule has 0 rings (SSSR count). The van der Waals surface area contributed by atoms with Crippen LogP contribution in [0.25, 0.3) is 0 Å². The minimum atomic E-state index is -2.07. The largest absolute Gasteiger partial charge is 0.460 e. The number of ketones is 1. The number of ether oxygens (including phenoxy) is 1. The van der Waals surface area contributed by atoms with E-state index < -0.39 is 26.0 Å². The van der Waals surface area contributed by atoms with Crippen molar-refractivity contribution in [2.24, 2.45) is 0 Å². The van der Waals surface area contributed by atoms with Crippen LogP contribution in [0.4, 0.5) is 0 Å². The fourth-order valence-corrected chi connectivity index (χ4v) is 3.07. The zero-order chi connectivity index (χ0) is 18.5. The summed E-state index contributed by atoms with van der Waals surface area (Å²) in [6.07, 6.45) is -0.526. The molecule has 0 heterocycles. The van der Waals surface area contributed by atoms with Crippen molar-refractivity contribution >= 4 is 20.1 Å². The van der Waals surface area contributed by atoms with Crippen LogP contribution in [-0.4, -0.2) is 31.8 Å². The molecule has 1 atom stereocenters. The van der Waals surface area contributed by atoms with Crippen LogP contribution in [0, 0.1) is 11.3 Å². The van der Waals surface area contributed by atoms with Crippen LogP contribution >= 0.6 is 0 Å². The Morgan fingerprint density at radius 2 is 1.65 bits per heavy atom. The maximum absolute atomic E-state index is 12.1. The van der Waals surface area contributed by atoms with Crippen molar-refractivity contribution in [2.75, 3.05) is 0 Å². The van der Waals surface area contributed by atoms with Gasteiger partial charge in [-0.1, -0.05) is 20.8 Å².